The van der Waals surface area contributed by atoms with Crippen LogP contribution in [0.25, 0.3) is 0 Å². The maximum absolute atomic E-state index is 11.4. The largest absolute Gasteiger partial charge is 0.368 e. The molecule has 72 valence electrons. The van der Waals surface area contributed by atoms with Crippen LogP contribution in [0.4, 0.5) is 0 Å². The van der Waals surface area contributed by atoms with Crippen molar-refractivity contribution in [1.82, 2.24) is 0 Å². The molecule has 1 unspecified atom stereocenters. The van der Waals surface area contributed by atoms with E-state index in [-0.39, 0.29) is 23.9 Å². The number of carbonyl (C=O) groups excluding carboxylic acids is 1. The lowest BCUT2D eigenvalue weighted by molar-refractivity contribution is -0.135. The Kier molecular flexibility index (Phi) is 5.14. The second-order valence-corrected chi connectivity index (χ2v) is 3.55. The van der Waals surface area contributed by atoms with Crippen LogP contribution in [-0.4, -0.2) is 18.0 Å². The van der Waals surface area contributed by atoms with Gasteiger partial charge in [0.25, 0.3) is 0 Å². The number of carbonyl (C=O) groups is 1. The minimum Gasteiger partial charge on any atom is -0.368 e. The van der Waals surface area contributed by atoms with Crippen LogP contribution in [0.5, 0.6) is 0 Å². The second kappa shape index (κ2) is 5.31. The molecule has 0 saturated heterocycles. The van der Waals surface area contributed by atoms with Crippen molar-refractivity contribution in [2.24, 2.45) is 5.92 Å². The molecule has 0 amide bonds. The second-order valence-electron chi connectivity index (χ2n) is 3.55. The topological polar surface area (TPSA) is 26.3 Å². The molecule has 0 N–H and O–H groups in total. The molecule has 0 aliphatic heterocycles. The highest BCUT2D eigenvalue weighted by atomic mass is 16.5. The van der Waals surface area contributed by atoms with E-state index in [0.29, 0.717) is 0 Å². The van der Waals surface area contributed by atoms with E-state index in [2.05, 4.69) is 6.92 Å². The third-order valence-electron chi connectivity index (χ3n) is 1.98. The minimum atomic E-state index is -0.250. The molecule has 0 aromatic carbocycles. The maximum atomic E-state index is 11.4. The molecule has 0 rings (SSSR count). The van der Waals surface area contributed by atoms with Crippen LogP contribution in [0.3, 0.4) is 0 Å². The van der Waals surface area contributed by atoms with Crippen LogP contribution in [0, 0.1) is 5.92 Å². The molecule has 2 nitrogen and oxygen atoms in total. The average molecular weight is 172 g/mol. The van der Waals surface area contributed by atoms with E-state index in [1.165, 1.54) is 0 Å². The summed E-state index contributed by atoms with van der Waals surface area (Å²) in [4.78, 5) is 11.4. The summed E-state index contributed by atoms with van der Waals surface area (Å²) in [7, 11) is 0. The van der Waals surface area contributed by atoms with Crippen LogP contribution in [0.1, 0.15) is 41.0 Å². The normalized spacial score (nSPS) is 16.2. The summed E-state index contributed by atoms with van der Waals surface area (Å²) in [6, 6.07) is 0. The van der Waals surface area contributed by atoms with E-state index >= 15 is 0 Å². The quantitative estimate of drug-likeness (QED) is 0.636. The Balaban J connectivity index is 3.86. The van der Waals surface area contributed by atoms with Crippen molar-refractivity contribution in [3.8, 4) is 0 Å². The highest BCUT2D eigenvalue weighted by Crippen LogP contribution is 2.07. The molecule has 2 heteroatoms. The molecule has 0 aromatic rings. The highest BCUT2D eigenvalue weighted by molar-refractivity contribution is 5.84. The van der Waals surface area contributed by atoms with Gasteiger partial charge in [-0.2, -0.15) is 0 Å². The van der Waals surface area contributed by atoms with Gasteiger partial charge in [-0.25, -0.2) is 0 Å². The Morgan fingerprint density at radius 3 is 2.08 bits per heavy atom. The number of hydrogen-bond acceptors (Lipinski definition) is 2. The molecule has 0 aliphatic carbocycles. The fourth-order valence-corrected chi connectivity index (χ4v) is 0.981. The highest BCUT2D eigenvalue weighted by Gasteiger charge is 2.18. The first-order valence-corrected chi connectivity index (χ1v) is 4.68. The van der Waals surface area contributed by atoms with Crippen molar-refractivity contribution in [3.05, 3.63) is 0 Å². The van der Waals surface area contributed by atoms with E-state index < -0.39 is 0 Å². The third-order valence-corrected chi connectivity index (χ3v) is 1.98. The monoisotopic (exact) mass is 172 g/mol. The van der Waals surface area contributed by atoms with Crippen LogP contribution in [0.15, 0.2) is 0 Å². The summed E-state index contributed by atoms with van der Waals surface area (Å²) in [6.07, 6.45) is 0.887. The molecule has 0 aliphatic rings. The average Bonchev–Trinajstić information content (AvgIpc) is 2.02. The van der Waals surface area contributed by atoms with E-state index in [0.717, 1.165) is 6.42 Å². The zero-order chi connectivity index (χ0) is 9.72. The van der Waals surface area contributed by atoms with Crippen molar-refractivity contribution in [1.29, 1.82) is 0 Å². The van der Waals surface area contributed by atoms with Gasteiger partial charge in [0, 0.05) is 5.92 Å². The fraction of sp³-hybridized carbons (Fsp3) is 0.900. The Bertz CT molecular complexity index is 141. The Morgan fingerprint density at radius 1 is 1.25 bits per heavy atom. The standard InChI is InChI=1S/C10H20O2/c1-6-8(4)12-9(5)10(11)7(2)3/h7-9H,6H2,1-5H3/t8?,9-/m0/s1. The molecule has 0 bridgehead atoms. The van der Waals surface area contributed by atoms with E-state index in [9.17, 15) is 4.79 Å². The fourth-order valence-electron chi connectivity index (χ4n) is 0.981. The number of Topliss-reactive ketones (excluding diaryl/α,β-unsaturated/α-hetero) is 1. The van der Waals surface area contributed by atoms with E-state index in [1.807, 2.05) is 27.7 Å². The van der Waals surface area contributed by atoms with Crippen LogP contribution in [0.2, 0.25) is 0 Å². The molecular formula is C10H20O2. The van der Waals surface area contributed by atoms with Gasteiger partial charge in [-0.1, -0.05) is 20.8 Å². The van der Waals surface area contributed by atoms with Crippen LogP contribution in [-0.2, 0) is 9.53 Å². The van der Waals surface area contributed by atoms with Gasteiger partial charge in [-0.3, -0.25) is 4.79 Å². The maximum Gasteiger partial charge on any atom is 0.163 e. The molecule has 0 saturated carbocycles. The molecule has 12 heavy (non-hydrogen) atoms. The Labute approximate surface area is 75.3 Å². The molecule has 0 fully saturated rings. The smallest absolute Gasteiger partial charge is 0.163 e. The zero-order valence-electron chi connectivity index (χ0n) is 8.76. The van der Waals surface area contributed by atoms with E-state index in [1.54, 1.807) is 0 Å². The van der Waals surface area contributed by atoms with Gasteiger partial charge in [-0.05, 0) is 20.3 Å². The van der Waals surface area contributed by atoms with Gasteiger partial charge in [0.15, 0.2) is 5.78 Å². The first-order valence-electron chi connectivity index (χ1n) is 4.68. The number of hydrogen-bond donors (Lipinski definition) is 0. The molecule has 0 heterocycles. The minimum absolute atomic E-state index is 0.0732. The van der Waals surface area contributed by atoms with Crippen molar-refractivity contribution < 1.29 is 9.53 Å². The van der Waals surface area contributed by atoms with Gasteiger partial charge in [0.2, 0.25) is 0 Å². The predicted octanol–water partition coefficient (Wildman–Crippen LogP) is 2.42. The lowest BCUT2D eigenvalue weighted by Crippen LogP contribution is -2.28. The van der Waals surface area contributed by atoms with Crippen molar-refractivity contribution in [3.63, 3.8) is 0 Å². The summed E-state index contributed by atoms with van der Waals surface area (Å²) < 4.78 is 5.47. The Hall–Kier alpha value is -0.370. The molecular weight excluding hydrogens is 152 g/mol. The summed E-state index contributed by atoms with van der Waals surface area (Å²) in [5.74, 6) is 0.263. The molecule has 0 spiro atoms. The summed E-state index contributed by atoms with van der Waals surface area (Å²) in [5, 5.41) is 0. The lowest BCUT2D eigenvalue weighted by atomic mass is 10.1. The van der Waals surface area contributed by atoms with Gasteiger partial charge in [-0.15, -0.1) is 0 Å². The summed E-state index contributed by atoms with van der Waals surface area (Å²) in [5.41, 5.74) is 0. The van der Waals surface area contributed by atoms with Crippen molar-refractivity contribution >= 4 is 5.78 Å². The van der Waals surface area contributed by atoms with Gasteiger partial charge < -0.3 is 4.74 Å². The molecule has 0 aromatic heterocycles. The molecule has 2 atom stereocenters. The Morgan fingerprint density at radius 2 is 1.75 bits per heavy atom. The molecule has 0 radical (unpaired) electrons. The SMILES string of the molecule is CCC(C)O[C@@H](C)C(=O)C(C)C. The van der Waals surface area contributed by atoms with Crippen molar-refractivity contribution in [2.75, 3.05) is 0 Å². The summed E-state index contributed by atoms with van der Waals surface area (Å²) >= 11 is 0. The predicted molar refractivity (Wildman–Crippen MR) is 50.1 cm³/mol. The lowest BCUT2D eigenvalue weighted by Gasteiger charge is -2.18. The van der Waals surface area contributed by atoms with Crippen molar-refractivity contribution in [2.45, 2.75) is 53.2 Å². The van der Waals surface area contributed by atoms with Gasteiger partial charge in [0.05, 0.1) is 6.10 Å². The van der Waals surface area contributed by atoms with Crippen LogP contribution >= 0.6 is 0 Å². The first-order chi connectivity index (χ1) is 5.49. The number of ether oxygens (including phenoxy) is 1. The van der Waals surface area contributed by atoms with Gasteiger partial charge in [0.1, 0.15) is 6.10 Å². The summed E-state index contributed by atoms with van der Waals surface area (Å²) in [6.45, 7) is 9.67. The number of ketones is 1. The van der Waals surface area contributed by atoms with Gasteiger partial charge >= 0.3 is 0 Å². The first kappa shape index (κ1) is 11.6. The van der Waals surface area contributed by atoms with Crippen LogP contribution < -0.4 is 0 Å². The number of rotatable bonds is 5. The zero-order valence-corrected chi connectivity index (χ0v) is 8.76. The third kappa shape index (κ3) is 3.86. The van der Waals surface area contributed by atoms with E-state index in [4.69, 9.17) is 4.74 Å².